The fourth-order valence-corrected chi connectivity index (χ4v) is 13.0. The molecule has 0 heterocycles. The van der Waals surface area contributed by atoms with Crippen molar-refractivity contribution < 1.29 is 18.8 Å². The number of rotatable bonds is 44. The molecule has 0 fully saturated rings. The van der Waals surface area contributed by atoms with E-state index in [9.17, 15) is 0 Å². The molecular formula is C60H136F4P4. The molecule has 424 valence electrons. The van der Waals surface area contributed by atoms with E-state index in [1.54, 1.807) is 0 Å². The largest absolute Gasteiger partial charge is 1.00 e. The van der Waals surface area contributed by atoms with Crippen molar-refractivity contribution in [2.45, 2.75) is 285 Å². The molecule has 0 aliphatic carbocycles. The fraction of sp³-hybridized carbons (Fsp3) is 1.00. The van der Waals surface area contributed by atoms with Crippen LogP contribution < -0.4 is 18.8 Å². The molecule has 0 radical (unpaired) electrons. The summed E-state index contributed by atoms with van der Waals surface area (Å²) < 4.78 is 0. The van der Waals surface area contributed by atoms with Crippen LogP contribution in [0, 0.1) is 0 Å². The maximum Gasteiger partial charge on any atom is 0.0586 e. The summed E-state index contributed by atoms with van der Waals surface area (Å²) in [5.41, 5.74) is 0. The Morgan fingerprint density at radius 1 is 0.147 bits per heavy atom. The van der Waals surface area contributed by atoms with Crippen molar-refractivity contribution in [3.05, 3.63) is 0 Å². The third-order valence-electron chi connectivity index (χ3n) is 12.7. The molecule has 0 unspecified atom stereocenters. The topological polar surface area (TPSA) is 0 Å². The van der Waals surface area contributed by atoms with E-state index in [2.05, 4.69) is 108 Å². The summed E-state index contributed by atoms with van der Waals surface area (Å²) in [5.74, 6) is 0. The van der Waals surface area contributed by atoms with Crippen LogP contribution in [0.4, 0.5) is 0 Å². The number of halogens is 4. The average Bonchev–Trinajstić information content (AvgIpc) is 3.20. The summed E-state index contributed by atoms with van der Waals surface area (Å²) >= 11 is 0. The summed E-state index contributed by atoms with van der Waals surface area (Å²) in [5, 5.41) is 0. The number of hydrogen-bond donors (Lipinski definition) is 0. The van der Waals surface area contributed by atoms with Crippen molar-refractivity contribution in [3.63, 3.8) is 0 Å². The molecule has 68 heavy (non-hydrogen) atoms. The number of unbranched alkanes of at least 4 members (excludes halogenated alkanes) is 36. The Kier molecular flexibility index (Phi) is 81.8. The molecule has 0 nitrogen and oxygen atoms in total. The summed E-state index contributed by atoms with van der Waals surface area (Å²) in [6, 6.07) is 0. The lowest BCUT2D eigenvalue weighted by molar-refractivity contribution is -0.00100. The van der Waals surface area contributed by atoms with Gasteiger partial charge >= 0.3 is 0 Å². The molecular weight excluding hydrogens is 921 g/mol. The Hall–Kier alpha value is 1.44. The van der Waals surface area contributed by atoms with Crippen LogP contribution in [-0.4, -0.2) is 105 Å². The summed E-state index contributed by atoms with van der Waals surface area (Å²) in [6.07, 6.45) is 64.5. The highest BCUT2D eigenvalue weighted by molar-refractivity contribution is 7.74. The van der Waals surface area contributed by atoms with E-state index < -0.39 is 29.0 Å². The third kappa shape index (κ3) is 104. The van der Waals surface area contributed by atoms with Crippen LogP contribution >= 0.6 is 29.0 Å². The molecule has 0 saturated carbocycles. The highest BCUT2D eigenvalue weighted by Gasteiger charge is 2.17. The van der Waals surface area contributed by atoms with Gasteiger partial charge in [-0.05, 0) is 51.4 Å². The Labute approximate surface area is 435 Å². The second kappa shape index (κ2) is 64.6. The van der Waals surface area contributed by atoms with E-state index in [0.717, 1.165) is 0 Å². The van der Waals surface area contributed by atoms with E-state index >= 15 is 0 Å². The molecule has 0 atom stereocenters. The molecule has 0 amide bonds. The highest BCUT2D eigenvalue weighted by Crippen LogP contribution is 2.49. The van der Waals surface area contributed by atoms with E-state index in [4.69, 9.17) is 0 Å². The van der Waals surface area contributed by atoms with Crippen LogP contribution in [0.5, 0.6) is 0 Å². The normalized spacial score (nSPS) is 11.3. The van der Waals surface area contributed by atoms with Crippen molar-refractivity contribution in [3.8, 4) is 0 Å². The lowest BCUT2D eigenvalue weighted by atomic mass is 10.1. The van der Waals surface area contributed by atoms with E-state index in [1.165, 1.54) is 281 Å². The van der Waals surface area contributed by atoms with E-state index in [0.29, 0.717) is 0 Å². The van der Waals surface area contributed by atoms with Crippen LogP contribution in [-0.2, 0) is 0 Å². The van der Waals surface area contributed by atoms with Crippen molar-refractivity contribution in [1.29, 1.82) is 0 Å². The van der Waals surface area contributed by atoms with Gasteiger partial charge in [0.15, 0.2) is 0 Å². The monoisotopic (exact) mass is 1060 g/mol. The molecule has 8 heteroatoms. The second-order valence-corrected chi connectivity index (χ2v) is 44.9. The van der Waals surface area contributed by atoms with Gasteiger partial charge in [0, 0.05) is 109 Å². The molecule has 0 rings (SSSR count). The first-order valence-corrected chi connectivity index (χ1v) is 42.7. The second-order valence-electron chi connectivity index (χ2n) is 24.8. The zero-order chi connectivity index (χ0) is 49.1. The third-order valence-corrected chi connectivity index (χ3v) is 19.4. The van der Waals surface area contributed by atoms with Crippen molar-refractivity contribution >= 4 is 29.0 Å². The summed E-state index contributed by atoms with van der Waals surface area (Å²) in [6.45, 7) is 38.7. The molecule has 0 aliphatic heterocycles. The number of hydrogen-bond acceptors (Lipinski definition) is 0. The summed E-state index contributed by atoms with van der Waals surface area (Å²) in [7, 11) is -1.96. The zero-order valence-corrected chi connectivity index (χ0v) is 54.0. The van der Waals surface area contributed by atoms with Crippen molar-refractivity contribution in [2.24, 2.45) is 0 Å². The molecule has 0 aromatic heterocycles. The SMILES string of the molecule is CCCCCCCCCCCC[P+](C)(C)C.CCCCCCCCCCCC[P+](C)(C)C.CCCCCCCCCCCC[P+](C)(C)C.CCCCCCCCCCCC[P+](C)(C)C.[F-].[F-].[F-].[F-]. The first-order valence-electron chi connectivity index (χ1n) is 29.5. The van der Waals surface area contributed by atoms with Crippen LogP contribution in [0.25, 0.3) is 0 Å². The Balaban J connectivity index is -0.000000115. The van der Waals surface area contributed by atoms with Crippen LogP contribution in [0.3, 0.4) is 0 Å². The zero-order valence-electron chi connectivity index (χ0n) is 50.4. The highest BCUT2D eigenvalue weighted by atomic mass is 31.2. The van der Waals surface area contributed by atoms with Crippen LogP contribution in [0.1, 0.15) is 285 Å². The van der Waals surface area contributed by atoms with E-state index in [1.807, 2.05) is 0 Å². The Bertz CT molecular complexity index is 697. The Morgan fingerprint density at radius 2 is 0.235 bits per heavy atom. The summed E-state index contributed by atoms with van der Waals surface area (Å²) in [4.78, 5) is 0. The maximum atomic E-state index is 2.46. The van der Waals surface area contributed by atoms with Crippen LogP contribution in [0.15, 0.2) is 0 Å². The van der Waals surface area contributed by atoms with Gasteiger partial charge in [-0.3, -0.25) is 0 Å². The van der Waals surface area contributed by atoms with Gasteiger partial charge < -0.3 is 18.8 Å². The molecule has 0 saturated heterocycles. The van der Waals surface area contributed by atoms with Gasteiger partial charge in [-0.15, -0.1) is 0 Å². The van der Waals surface area contributed by atoms with Crippen molar-refractivity contribution in [1.82, 2.24) is 0 Å². The van der Waals surface area contributed by atoms with Gasteiger partial charge in [-0.1, -0.05) is 233 Å². The maximum absolute atomic E-state index is 2.46. The smallest absolute Gasteiger partial charge is 0.0586 e. The molecule has 0 bridgehead atoms. The molecule has 0 aliphatic rings. The van der Waals surface area contributed by atoms with Gasteiger partial charge in [0.2, 0.25) is 0 Å². The van der Waals surface area contributed by atoms with Gasteiger partial charge in [-0.25, -0.2) is 0 Å². The quantitative estimate of drug-likeness (QED) is 0.0324. The predicted molar refractivity (Wildman–Crippen MR) is 326 cm³/mol. The molecule has 0 spiro atoms. The first-order chi connectivity index (χ1) is 30.2. The Morgan fingerprint density at radius 3 is 0.324 bits per heavy atom. The lowest BCUT2D eigenvalue weighted by Gasteiger charge is -2.10. The molecule has 0 N–H and O–H groups in total. The minimum Gasteiger partial charge on any atom is -1.00 e. The average molecular weight is 1060 g/mol. The standard InChI is InChI=1S/4C15H34P.4FH/c4*1-5-6-7-8-9-10-11-12-13-14-15-16(2,3)4;;;;/h4*5-15H2,1-4H3;4*1H/q4*+1;;;;/p-4. The lowest BCUT2D eigenvalue weighted by Crippen LogP contribution is -3.00. The van der Waals surface area contributed by atoms with Gasteiger partial charge in [0.05, 0.1) is 24.6 Å². The molecule has 0 aromatic rings. The van der Waals surface area contributed by atoms with Gasteiger partial charge in [-0.2, -0.15) is 0 Å². The minimum atomic E-state index is -0.490. The van der Waals surface area contributed by atoms with Gasteiger partial charge in [0.1, 0.15) is 0 Å². The van der Waals surface area contributed by atoms with Gasteiger partial charge in [0.25, 0.3) is 0 Å². The predicted octanol–water partition coefficient (Wildman–Crippen LogP) is 11.3. The minimum absolute atomic E-state index is 0. The first kappa shape index (κ1) is 86.2. The van der Waals surface area contributed by atoms with E-state index in [-0.39, 0.29) is 18.8 Å². The fourth-order valence-electron chi connectivity index (χ4n) is 8.29. The van der Waals surface area contributed by atoms with Crippen LogP contribution in [0.2, 0.25) is 0 Å². The van der Waals surface area contributed by atoms with Crippen molar-refractivity contribution in [2.75, 3.05) is 105 Å². The molecule has 0 aromatic carbocycles.